The van der Waals surface area contributed by atoms with Gasteiger partial charge in [-0.25, -0.2) is 0 Å². The van der Waals surface area contributed by atoms with Crippen LogP contribution in [-0.2, 0) is 0 Å². The molecule has 1 fully saturated rings. The van der Waals surface area contributed by atoms with Crippen LogP contribution in [0.3, 0.4) is 0 Å². The van der Waals surface area contributed by atoms with Gasteiger partial charge < -0.3 is 15.2 Å². The highest BCUT2D eigenvalue weighted by Gasteiger charge is 2.38. The second-order valence-corrected chi connectivity index (χ2v) is 7.24. The molecule has 0 spiro atoms. The number of methoxy groups -OCH3 is 1. The number of ether oxygens (including phenoxy) is 1. The second kappa shape index (κ2) is 8.37. The van der Waals surface area contributed by atoms with Crippen LogP contribution in [0, 0.1) is 5.41 Å². The van der Waals surface area contributed by atoms with E-state index < -0.39 is 0 Å². The fraction of sp³-hybridized carbons (Fsp3) is 0.500. The quantitative estimate of drug-likeness (QED) is 0.855. The van der Waals surface area contributed by atoms with Gasteiger partial charge in [0.1, 0.15) is 5.75 Å². The van der Waals surface area contributed by atoms with Crippen molar-refractivity contribution < 1.29 is 9.84 Å². The zero-order valence-corrected chi connectivity index (χ0v) is 16.1. The summed E-state index contributed by atoms with van der Waals surface area (Å²) in [5, 5.41) is 16.0. The van der Waals surface area contributed by atoms with Gasteiger partial charge in [0.05, 0.1) is 7.11 Å². The lowest BCUT2D eigenvalue weighted by molar-refractivity contribution is 0.0301. The molecule has 3 rings (SSSR count). The minimum absolute atomic E-state index is 0. The number of piperazine rings is 1. The summed E-state index contributed by atoms with van der Waals surface area (Å²) >= 11 is 0. The minimum Gasteiger partial charge on any atom is -0.496 e. The van der Waals surface area contributed by atoms with Gasteiger partial charge in [-0.15, -0.1) is 12.4 Å². The number of rotatable bonds is 5. The third-order valence-corrected chi connectivity index (χ3v) is 5.09. The fourth-order valence-corrected chi connectivity index (χ4v) is 3.83. The van der Waals surface area contributed by atoms with Crippen LogP contribution in [0.1, 0.15) is 25.5 Å². The van der Waals surface area contributed by atoms with Gasteiger partial charge in [-0.1, -0.05) is 44.2 Å². The third-order valence-electron chi connectivity index (χ3n) is 5.09. The van der Waals surface area contributed by atoms with E-state index in [1.807, 2.05) is 0 Å². The van der Waals surface area contributed by atoms with E-state index in [4.69, 9.17) is 4.74 Å². The monoisotopic (exact) mass is 364 g/mol. The largest absolute Gasteiger partial charge is 0.496 e. The SMILES string of the molecule is COc1ccc2ccccc2c1[C@@H](N1CCNCC1)C(C)(C)CO.Cl. The van der Waals surface area contributed by atoms with Gasteiger partial charge >= 0.3 is 0 Å². The zero-order valence-electron chi connectivity index (χ0n) is 15.3. The molecule has 0 saturated carbocycles. The second-order valence-electron chi connectivity index (χ2n) is 7.24. The number of aliphatic hydroxyl groups is 1. The van der Waals surface area contributed by atoms with Crippen molar-refractivity contribution in [1.29, 1.82) is 0 Å². The molecule has 0 aliphatic carbocycles. The molecule has 4 nitrogen and oxygen atoms in total. The molecule has 0 radical (unpaired) electrons. The molecule has 5 heteroatoms. The summed E-state index contributed by atoms with van der Waals surface area (Å²) in [5.41, 5.74) is 0.922. The maximum absolute atomic E-state index is 10.1. The molecule has 1 aliphatic heterocycles. The predicted molar refractivity (Wildman–Crippen MR) is 106 cm³/mol. The van der Waals surface area contributed by atoms with Crippen molar-refractivity contribution in [2.45, 2.75) is 19.9 Å². The molecule has 1 saturated heterocycles. The zero-order chi connectivity index (χ0) is 17.2. The highest BCUT2D eigenvalue weighted by Crippen LogP contribution is 2.45. The molecule has 2 N–H and O–H groups in total. The molecule has 138 valence electrons. The lowest BCUT2D eigenvalue weighted by atomic mass is 9.78. The lowest BCUT2D eigenvalue weighted by Crippen LogP contribution is -2.49. The molecule has 0 aromatic heterocycles. The first-order chi connectivity index (χ1) is 11.6. The number of nitrogens with zero attached hydrogens (tertiary/aromatic N) is 1. The van der Waals surface area contributed by atoms with Crippen LogP contribution in [-0.4, -0.2) is 49.9 Å². The van der Waals surface area contributed by atoms with Crippen LogP contribution in [0.4, 0.5) is 0 Å². The van der Waals surface area contributed by atoms with E-state index in [1.54, 1.807) is 7.11 Å². The molecule has 25 heavy (non-hydrogen) atoms. The summed E-state index contributed by atoms with van der Waals surface area (Å²) in [6, 6.07) is 12.7. The summed E-state index contributed by atoms with van der Waals surface area (Å²) in [4.78, 5) is 2.48. The molecule has 1 heterocycles. The van der Waals surface area contributed by atoms with Gasteiger partial charge in [0, 0.05) is 49.8 Å². The molecular weight excluding hydrogens is 336 g/mol. The number of halogens is 1. The maximum Gasteiger partial charge on any atom is 0.124 e. The first-order valence-corrected chi connectivity index (χ1v) is 8.70. The van der Waals surface area contributed by atoms with Crippen molar-refractivity contribution in [3.8, 4) is 5.75 Å². The Morgan fingerprint density at radius 2 is 1.84 bits per heavy atom. The van der Waals surface area contributed by atoms with E-state index >= 15 is 0 Å². The standard InChI is InChI=1S/C20H28N2O2.ClH/c1-20(2,14-23)19(22-12-10-21-11-13-22)18-16-7-5-4-6-15(16)8-9-17(18)24-3;/h4-9,19,21,23H,10-14H2,1-3H3;1H/t19-;/m1./s1. The van der Waals surface area contributed by atoms with Crippen LogP contribution < -0.4 is 10.1 Å². The van der Waals surface area contributed by atoms with Crippen molar-refractivity contribution in [2.75, 3.05) is 39.9 Å². The van der Waals surface area contributed by atoms with Gasteiger partial charge in [-0.05, 0) is 16.8 Å². The number of nitrogens with one attached hydrogen (secondary N) is 1. The number of fused-ring (bicyclic) bond motifs is 1. The van der Waals surface area contributed by atoms with Gasteiger partial charge in [0.2, 0.25) is 0 Å². The van der Waals surface area contributed by atoms with Gasteiger partial charge in [-0.3, -0.25) is 4.90 Å². The van der Waals surface area contributed by atoms with Crippen LogP contribution >= 0.6 is 12.4 Å². The Labute approximate surface area is 156 Å². The molecule has 1 atom stereocenters. The Kier molecular flexibility index (Phi) is 6.69. The Morgan fingerprint density at radius 1 is 1.16 bits per heavy atom. The highest BCUT2D eigenvalue weighted by atomic mass is 35.5. The Bertz CT molecular complexity index is 699. The predicted octanol–water partition coefficient (Wildman–Crippen LogP) is 3.24. The van der Waals surface area contributed by atoms with Crippen LogP contribution in [0.15, 0.2) is 36.4 Å². The number of aliphatic hydroxyl groups excluding tert-OH is 1. The van der Waals surface area contributed by atoms with Crippen molar-refractivity contribution >= 4 is 23.2 Å². The molecule has 1 aliphatic rings. The molecule has 0 bridgehead atoms. The van der Waals surface area contributed by atoms with E-state index in [0.29, 0.717) is 0 Å². The van der Waals surface area contributed by atoms with E-state index in [-0.39, 0.29) is 30.5 Å². The van der Waals surface area contributed by atoms with Crippen molar-refractivity contribution in [1.82, 2.24) is 10.2 Å². The Morgan fingerprint density at radius 3 is 2.48 bits per heavy atom. The van der Waals surface area contributed by atoms with Crippen LogP contribution in [0.2, 0.25) is 0 Å². The topological polar surface area (TPSA) is 44.7 Å². The van der Waals surface area contributed by atoms with Crippen LogP contribution in [0.5, 0.6) is 5.75 Å². The smallest absolute Gasteiger partial charge is 0.124 e. The van der Waals surface area contributed by atoms with E-state index in [2.05, 4.69) is 60.5 Å². The Hall–Kier alpha value is -1.33. The van der Waals surface area contributed by atoms with E-state index in [9.17, 15) is 5.11 Å². The Balaban J connectivity index is 0.00000225. The average molecular weight is 365 g/mol. The summed E-state index contributed by atoms with van der Waals surface area (Å²) in [6.07, 6.45) is 0. The van der Waals surface area contributed by atoms with Gasteiger partial charge in [0.15, 0.2) is 0 Å². The molecule has 2 aromatic carbocycles. The summed E-state index contributed by atoms with van der Waals surface area (Å²) in [6.45, 7) is 8.31. The van der Waals surface area contributed by atoms with E-state index in [0.717, 1.165) is 31.9 Å². The highest BCUT2D eigenvalue weighted by molar-refractivity contribution is 5.88. The molecule has 0 unspecified atom stereocenters. The minimum atomic E-state index is -0.269. The average Bonchev–Trinajstić information content (AvgIpc) is 2.63. The molecule has 2 aromatic rings. The number of hydrogen-bond donors (Lipinski definition) is 2. The van der Waals surface area contributed by atoms with Gasteiger partial charge in [-0.2, -0.15) is 0 Å². The number of hydrogen-bond acceptors (Lipinski definition) is 4. The van der Waals surface area contributed by atoms with E-state index in [1.165, 1.54) is 16.3 Å². The van der Waals surface area contributed by atoms with Crippen molar-refractivity contribution in [3.63, 3.8) is 0 Å². The fourth-order valence-electron chi connectivity index (χ4n) is 3.83. The normalized spacial score (nSPS) is 17.1. The summed E-state index contributed by atoms with van der Waals surface area (Å²) in [5.74, 6) is 0.902. The molecule has 0 amide bonds. The lowest BCUT2D eigenvalue weighted by Gasteiger charge is -2.44. The maximum atomic E-state index is 10.1. The summed E-state index contributed by atoms with van der Waals surface area (Å²) in [7, 11) is 1.73. The summed E-state index contributed by atoms with van der Waals surface area (Å²) < 4.78 is 5.74. The van der Waals surface area contributed by atoms with Crippen molar-refractivity contribution in [2.24, 2.45) is 5.41 Å². The first-order valence-electron chi connectivity index (χ1n) is 8.70. The molecular formula is C20H29ClN2O2. The first kappa shape index (κ1) is 20.0. The van der Waals surface area contributed by atoms with Crippen molar-refractivity contribution in [3.05, 3.63) is 42.0 Å². The van der Waals surface area contributed by atoms with Crippen LogP contribution in [0.25, 0.3) is 10.8 Å². The van der Waals surface area contributed by atoms with Gasteiger partial charge in [0.25, 0.3) is 0 Å². The number of benzene rings is 2. The third kappa shape index (κ3) is 3.93.